The summed E-state index contributed by atoms with van der Waals surface area (Å²) < 4.78 is 12.4. The Labute approximate surface area is 155 Å². The molecule has 0 fully saturated rings. The zero-order valence-electron chi connectivity index (χ0n) is 15.2. The summed E-state index contributed by atoms with van der Waals surface area (Å²) in [6, 6.07) is 5.71. The van der Waals surface area contributed by atoms with Crippen molar-refractivity contribution in [3.05, 3.63) is 54.4 Å². The van der Waals surface area contributed by atoms with Crippen molar-refractivity contribution in [2.45, 2.75) is 6.42 Å². The molecule has 0 aliphatic rings. The SMILES string of the molecule is COc1cc(Cc2ncc3ncc(-c4cnn(C)c4)nc3n2)cc(OC)c1. The minimum absolute atomic E-state index is 0.530. The molecule has 0 radical (unpaired) electrons. The largest absolute Gasteiger partial charge is 0.497 e. The Morgan fingerprint density at radius 1 is 0.926 bits per heavy atom. The van der Waals surface area contributed by atoms with Crippen molar-refractivity contribution < 1.29 is 9.47 Å². The molecule has 0 amide bonds. The molecule has 0 aliphatic heterocycles. The molecule has 8 nitrogen and oxygen atoms in total. The second-order valence-electron chi connectivity index (χ2n) is 6.05. The molecule has 4 rings (SSSR count). The van der Waals surface area contributed by atoms with Crippen molar-refractivity contribution in [3.8, 4) is 22.8 Å². The first-order valence-corrected chi connectivity index (χ1v) is 8.34. The number of aromatic nitrogens is 6. The lowest BCUT2D eigenvalue weighted by atomic mass is 10.1. The van der Waals surface area contributed by atoms with Gasteiger partial charge in [-0.3, -0.25) is 4.68 Å². The minimum atomic E-state index is 0.530. The molecule has 0 atom stereocenters. The lowest BCUT2D eigenvalue weighted by Crippen LogP contribution is -2.00. The molecule has 0 aliphatic carbocycles. The number of rotatable bonds is 5. The Hall–Kier alpha value is -3.55. The average Bonchev–Trinajstić information content (AvgIpc) is 3.13. The maximum Gasteiger partial charge on any atom is 0.182 e. The van der Waals surface area contributed by atoms with Gasteiger partial charge in [0.1, 0.15) is 22.8 Å². The van der Waals surface area contributed by atoms with Crippen LogP contribution in [0.2, 0.25) is 0 Å². The number of methoxy groups -OCH3 is 2. The van der Waals surface area contributed by atoms with Crippen LogP contribution >= 0.6 is 0 Å². The van der Waals surface area contributed by atoms with Gasteiger partial charge in [-0.1, -0.05) is 0 Å². The lowest BCUT2D eigenvalue weighted by Gasteiger charge is -2.08. The smallest absolute Gasteiger partial charge is 0.182 e. The van der Waals surface area contributed by atoms with Crippen LogP contribution in [-0.2, 0) is 13.5 Å². The van der Waals surface area contributed by atoms with Crippen LogP contribution in [0.4, 0.5) is 0 Å². The maximum absolute atomic E-state index is 5.32. The number of fused-ring (bicyclic) bond motifs is 1. The molecule has 8 heteroatoms. The van der Waals surface area contributed by atoms with E-state index in [-0.39, 0.29) is 0 Å². The van der Waals surface area contributed by atoms with E-state index in [9.17, 15) is 0 Å². The van der Waals surface area contributed by atoms with Crippen LogP contribution < -0.4 is 9.47 Å². The average molecular weight is 362 g/mol. The molecule has 0 spiro atoms. The van der Waals surface area contributed by atoms with E-state index in [0.29, 0.717) is 23.4 Å². The number of aryl methyl sites for hydroxylation is 1. The maximum atomic E-state index is 5.32. The van der Waals surface area contributed by atoms with Gasteiger partial charge < -0.3 is 9.47 Å². The van der Waals surface area contributed by atoms with Crippen molar-refractivity contribution in [2.75, 3.05) is 14.2 Å². The summed E-state index contributed by atoms with van der Waals surface area (Å²) in [4.78, 5) is 18.0. The Bertz CT molecular complexity index is 1090. The van der Waals surface area contributed by atoms with E-state index in [1.54, 1.807) is 37.5 Å². The fourth-order valence-electron chi connectivity index (χ4n) is 2.78. The highest BCUT2D eigenvalue weighted by Gasteiger charge is 2.09. The number of ether oxygens (including phenoxy) is 2. The molecular weight excluding hydrogens is 344 g/mol. The summed E-state index contributed by atoms with van der Waals surface area (Å²) in [6.07, 6.45) is 7.56. The van der Waals surface area contributed by atoms with E-state index in [2.05, 4.69) is 25.0 Å². The van der Waals surface area contributed by atoms with E-state index in [1.807, 2.05) is 31.4 Å². The van der Waals surface area contributed by atoms with Crippen LogP contribution in [-0.4, -0.2) is 43.9 Å². The first kappa shape index (κ1) is 16.9. The monoisotopic (exact) mass is 362 g/mol. The third kappa shape index (κ3) is 3.55. The van der Waals surface area contributed by atoms with Crippen molar-refractivity contribution in [1.82, 2.24) is 29.7 Å². The third-order valence-corrected chi connectivity index (χ3v) is 4.13. The summed E-state index contributed by atoms with van der Waals surface area (Å²) in [6.45, 7) is 0. The van der Waals surface area contributed by atoms with E-state index in [4.69, 9.17) is 9.47 Å². The van der Waals surface area contributed by atoms with Crippen LogP contribution in [0, 0.1) is 0 Å². The molecule has 0 saturated carbocycles. The molecule has 4 aromatic rings. The summed E-state index contributed by atoms with van der Waals surface area (Å²) >= 11 is 0. The van der Waals surface area contributed by atoms with E-state index < -0.39 is 0 Å². The highest BCUT2D eigenvalue weighted by Crippen LogP contribution is 2.24. The Morgan fingerprint density at radius 2 is 1.70 bits per heavy atom. The van der Waals surface area contributed by atoms with E-state index in [0.717, 1.165) is 28.3 Å². The number of hydrogen-bond donors (Lipinski definition) is 0. The molecule has 0 saturated heterocycles. The van der Waals surface area contributed by atoms with Gasteiger partial charge in [0, 0.05) is 31.3 Å². The molecular formula is C19H18N6O2. The fraction of sp³-hybridized carbons (Fsp3) is 0.211. The number of nitrogens with zero attached hydrogens (tertiary/aromatic N) is 6. The van der Waals surface area contributed by atoms with Crippen molar-refractivity contribution in [3.63, 3.8) is 0 Å². The highest BCUT2D eigenvalue weighted by atomic mass is 16.5. The van der Waals surface area contributed by atoms with Crippen LogP contribution in [0.3, 0.4) is 0 Å². The van der Waals surface area contributed by atoms with Gasteiger partial charge in [0.15, 0.2) is 5.65 Å². The molecule has 0 unspecified atom stereocenters. The second-order valence-corrected chi connectivity index (χ2v) is 6.05. The third-order valence-electron chi connectivity index (χ3n) is 4.13. The predicted molar refractivity (Wildman–Crippen MR) is 99.7 cm³/mol. The summed E-state index contributed by atoms with van der Waals surface area (Å²) in [7, 11) is 5.11. The van der Waals surface area contributed by atoms with E-state index in [1.165, 1.54) is 0 Å². The molecule has 3 heterocycles. The second kappa shape index (κ2) is 6.99. The first-order valence-electron chi connectivity index (χ1n) is 8.34. The molecule has 3 aromatic heterocycles. The van der Waals surface area contributed by atoms with E-state index >= 15 is 0 Å². The fourth-order valence-corrected chi connectivity index (χ4v) is 2.78. The number of hydrogen-bond acceptors (Lipinski definition) is 7. The lowest BCUT2D eigenvalue weighted by molar-refractivity contribution is 0.393. The summed E-state index contributed by atoms with van der Waals surface area (Å²) in [5.74, 6) is 2.10. The van der Waals surface area contributed by atoms with Crippen molar-refractivity contribution >= 4 is 11.2 Å². The zero-order valence-corrected chi connectivity index (χ0v) is 15.2. The molecule has 0 N–H and O–H groups in total. The molecule has 1 aromatic carbocycles. The van der Waals surface area contributed by atoms with Gasteiger partial charge in [0.05, 0.1) is 38.5 Å². The minimum Gasteiger partial charge on any atom is -0.497 e. The summed E-state index contributed by atoms with van der Waals surface area (Å²) in [5.41, 5.74) is 3.81. The van der Waals surface area contributed by atoms with Gasteiger partial charge in [-0.2, -0.15) is 5.10 Å². The Balaban J connectivity index is 1.68. The van der Waals surface area contributed by atoms with Crippen molar-refractivity contribution in [1.29, 1.82) is 0 Å². The van der Waals surface area contributed by atoms with Gasteiger partial charge in [0.25, 0.3) is 0 Å². The van der Waals surface area contributed by atoms with Crippen molar-refractivity contribution in [2.24, 2.45) is 7.05 Å². The van der Waals surface area contributed by atoms with Crippen LogP contribution in [0.5, 0.6) is 11.5 Å². The molecule has 27 heavy (non-hydrogen) atoms. The number of benzene rings is 1. The van der Waals surface area contributed by atoms with Gasteiger partial charge >= 0.3 is 0 Å². The normalized spacial score (nSPS) is 10.9. The van der Waals surface area contributed by atoms with Gasteiger partial charge in [-0.05, 0) is 17.7 Å². The highest BCUT2D eigenvalue weighted by molar-refractivity contribution is 5.72. The van der Waals surface area contributed by atoms with Crippen LogP contribution in [0.15, 0.2) is 43.0 Å². The van der Waals surface area contributed by atoms with Gasteiger partial charge in [0.2, 0.25) is 0 Å². The molecule has 136 valence electrons. The Kier molecular flexibility index (Phi) is 4.37. The quantitative estimate of drug-likeness (QED) is 0.539. The predicted octanol–water partition coefficient (Wildman–Crippen LogP) is 2.43. The van der Waals surface area contributed by atoms with Gasteiger partial charge in [-0.25, -0.2) is 19.9 Å². The topological polar surface area (TPSA) is 87.8 Å². The standard InChI is InChI=1S/C19H18N6O2/c1-25-11-13(8-22-25)16-9-20-17-10-21-18(24-19(17)23-16)6-12-4-14(26-2)7-15(5-12)27-3/h4-5,7-11H,6H2,1-3H3. The Morgan fingerprint density at radius 3 is 2.37 bits per heavy atom. The molecule has 0 bridgehead atoms. The first-order chi connectivity index (χ1) is 13.1. The van der Waals surface area contributed by atoms with Crippen LogP contribution in [0.1, 0.15) is 11.4 Å². The van der Waals surface area contributed by atoms with Gasteiger partial charge in [-0.15, -0.1) is 0 Å². The zero-order chi connectivity index (χ0) is 18.8. The van der Waals surface area contributed by atoms with Crippen LogP contribution in [0.25, 0.3) is 22.4 Å². The summed E-state index contributed by atoms with van der Waals surface area (Å²) in [5, 5.41) is 4.17.